The summed E-state index contributed by atoms with van der Waals surface area (Å²) in [4.78, 5) is 0.835. The first-order valence-electron chi connectivity index (χ1n) is 4.68. The van der Waals surface area contributed by atoms with Gasteiger partial charge in [0.15, 0.2) is 0 Å². The van der Waals surface area contributed by atoms with Crippen molar-refractivity contribution in [2.24, 2.45) is 4.36 Å². The number of nitrogens with zero attached hydrogens (tertiary/aromatic N) is 1. The van der Waals surface area contributed by atoms with Crippen molar-refractivity contribution in [2.45, 2.75) is 18.2 Å². The van der Waals surface area contributed by atoms with Gasteiger partial charge in [0.05, 0.1) is 9.73 Å². The predicted octanol–water partition coefficient (Wildman–Crippen LogP) is 1.81. The van der Waals surface area contributed by atoms with Gasteiger partial charge in [-0.2, -0.15) is 0 Å². The minimum absolute atomic E-state index is 0.691. The third-order valence-corrected chi connectivity index (χ3v) is 4.92. The van der Waals surface area contributed by atoms with Crippen LogP contribution in [0.1, 0.15) is 12.0 Å². The van der Waals surface area contributed by atoms with Crippen LogP contribution in [0.3, 0.4) is 0 Å². The average molecular weight is 210 g/mol. The van der Waals surface area contributed by atoms with Gasteiger partial charge >= 0.3 is 0 Å². The predicted molar refractivity (Wildman–Crippen MR) is 58.8 cm³/mol. The maximum Gasteiger partial charge on any atom is 0.0753 e. The Kier molecular flexibility index (Phi) is 2.23. The summed E-state index contributed by atoms with van der Waals surface area (Å²) >= 11 is 0. The van der Waals surface area contributed by atoms with E-state index in [9.17, 15) is 4.21 Å². The lowest BCUT2D eigenvalue weighted by Crippen LogP contribution is -2.02. The summed E-state index contributed by atoms with van der Waals surface area (Å²) < 4.78 is 16.4. The number of hydrogen-bond acceptors (Lipinski definition) is 3. The van der Waals surface area contributed by atoms with E-state index in [0.29, 0.717) is 5.75 Å². The maximum absolute atomic E-state index is 12.2. The van der Waals surface area contributed by atoms with Crippen molar-refractivity contribution in [3.8, 4) is 0 Å². The Labute approximate surface area is 84.5 Å². The average Bonchev–Trinajstić information content (AvgIpc) is 2.58. The number of hydrogen-bond donors (Lipinski definition) is 1. The molecule has 76 valence electrons. The van der Waals surface area contributed by atoms with Gasteiger partial charge < -0.3 is 5.73 Å². The smallest absolute Gasteiger partial charge is 0.0753 e. The van der Waals surface area contributed by atoms with Crippen LogP contribution in [0.4, 0.5) is 5.69 Å². The van der Waals surface area contributed by atoms with Crippen LogP contribution in [0.15, 0.2) is 27.5 Å². The second-order valence-corrected chi connectivity index (χ2v) is 5.99. The second-order valence-electron chi connectivity index (χ2n) is 3.57. The molecule has 0 saturated carbocycles. The molecule has 1 aromatic rings. The highest BCUT2D eigenvalue weighted by molar-refractivity contribution is 7.93. The zero-order valence-electron chi connectivity index (χ0n) is 8.19. The maximum atomic E-state index is 12.2. The normalized spacial score (nSPS) is 26.1. The second kappa shape index (κ2) is 3.28. The molecule has 0 spiro atoms. The van der Waals surface area contributed by atoms with Gasteiger partial charge in [-0.3, -0.25) is 0 Å². The van der Waals surface area contributed by atoms with Crippen LogP contribution in [0.2, 0.25) is 0 Å². The number of aryl methyl sites for hydroxylation is 1. The van der Waals surface area contributed by atoms with Crippen LogP contribution in [-0.4, -0.2) is 16.5 Å². The van der Waals surface area contributed by atoms with E-state index in [4.69, 9.17) is 5.73 Å². The van der Waals surface area contributed by atoms with E-state index in [-0.39, 0.29) is 0 Å². The van der Waals surface area contributed by atoms with Crippen LogP contribution < -0.4 is 5.73 Å². The Morgan fingerprint density at radius 1 is 1.50 bits per heavy atom. The summed E-state index contributed by atoms with van der Waals surface area (Å²) in [6.07, 6.45) is 0.933. The first-order valence-corrected chi connectivity index (χ1v) is 6.37. The molecular weight excluding hydrogens is 196 g/mol. The summed E-state index contributed by atoms with van der Waals surface area (Å²) in [5.41, 5.74) is 7.43. The van der Waals surface area contributed by atoms with Gasteiger partial charge in [-0.1, -0.05) is 0 Å². The van der Waals surface area contributed by atoms with E-state index in [1.807, 2.05) is 25.1 Å². The van der Waals surface area contributed by atoms with E-state index in [1.54, 1.807) is 0 Å². The van der Waals surface area contributed by atoms with Gasteiger partial charge in [-0.05, 0) is 37.1 Å². The Balaban J connectivity index is 2.53. The lowest BCUT2D eigenvalue weighted by molar-refractivity contribution is 0.679. The summed E-state index contributed by atoms with van der Waals surface area (Å²) in [7, 11) is -2.10. The van der Waals surface area contributed by atoms with Gasteiger partial charge in [-0.25, -0.2) is 8.57 Å². The fourth-order valence-corrected chi connectivity index (χ4v) is 3.68. The van der Waals surface area contributed by atoms with Crippen molar-refractivity contribution in [3.63, 3.8) is 0 Å². The molecule has 14 heavy (non-hydrogen) atoms. The molecule has 1 atom stereocenters. The van der Waals surface area contributed by atoms with Gasteiger partial charge in [0, 0.05) is 22.9 Å². The number of anilines is 1. The molecule has 0 saturated heterocycles. The fourth-order valence-electron chi connectivity index (χ4n) is 1.58. The highest BCUT2D eigenvalue weighted by Gasteiger charge is 2.17. The summed E-state index contributed by atoms with van der Waals surface area (Å²) in [6.45, 7) is 2.65. The van der Waals surface area contributed by atoms with Crippen molar-refractivity contribution >= 4 is 15.4 Å². The summed E-state index contributed by atoms with van der Waals surface area (Å²) in [5, 5.41) is 0. The number of rotatable bonds is 1. The van der Waals surface area contributed by atoms with Gasteiger partial charge in [0.1, 0.15) is 0 Å². The standard InChI is InChI=1S/C10H14N2OS/c1-8-7-9(3-4-10(8)11)14(13)6-2-5-12-14/h3-4,7H,2,5-6,11H2,1H3. The Morgan fingerprint density at radius 2 is 2.29 bits per heavy atom. The van der Waals surface area contributed by atoms with Crippen molar-refractivity contribution < 1.29 is 4.21 Å². The van der Waals surface area contributed by atoms with Gasteiger partial charge in [0.25, 0.3) is 0 Å². The van der Waals surface area contributed by atoms with Crippen molar-refractivity contribution in [2.75, 3.05) is 18.0 Å². The highest BCUT2D eigenvalue weighted by Crippen LogP contribution is 2.23. The van der Waals surface area contributed by atoms with Crippen molar-refractivity contribution in [3.05, 3.63) is 23.8 Å². The van der Waals surface area contributed by atoms with Crippen LogP contribution >= 0.6 is 0 Å². The Hall–Kier alpha value is -1.03. The monoisotopic (exact) mass is 210 g/mol. The molecule has 0 fully saturated rings. The Morgan fingerprint density at radius 3 is 2.86 bits per heavy atom. The topological polar surface area (TPSA) is 55.5 Å². The molecule has 4 heteroatoms. The quantitative estimate of drug-likeness (QED) is 0.719. The van der Waals surface area contributed by atoms with Crippen LogP contribution in [0.25, 0.3) is 0 Å². The summed E-state index contributed by atoms with van der Waals surface area (Å²) in [6, 6.07) is 5.54. The first kappa shape index (κ1) is 9.52. The molecule has 3 nitrogen and oxygen atoms in total. The molecule has 0 amide bonds. The molecule has 2 N–H and O–H groups in total. The molecule has 1 aliphatic rings. The first-order chi connectivity index (χ1) is 6.62. The molecule has 1 aromatic carbocycles. The third-order valence-electron chi connectivity index (χ3n) is 2.49. The van der Waals surface area contributed by atoms with Crippen LogP contribution in [0.5, 0.6) is 0 Å². The van der Waals surface area contributed by atoms with E-state index in [0.717, 1.165) is 29.1 Å². The third kappa shape index (κ3) is 1.50. The SMILES string of the molecule is Cc1cc(S2(=O)=NCCC2)ccc1N. The van der Waals surface area contributed by atoms with Gasteiger partial charge in [0.2, 0.25) is 0 Å². The Bertz CT molecular complexity index is 473. The van der Waals surface area contributed by atoms with E-state index in [1.165, 1.54) is 0 Å². The fraction of sp³-hybridized carbons (Fsp3) is 0.400. The molecule has 1 unspecified atom stereocenters. The zero-order valence-corrected chi connectivity index (χ0v) is 9.01. The van der Waals surface area contributed by atoms with Crippen molar-refractivity contribution in [1.29, 1.82) is 0 Å². The minimum atomic E-state index is -2.10. The molecule has 1 aliphatic heterocycles. The van der Waals surface area contributed by atoms with E-state index < -0.39 is 9.73 Å². The molecule has 0 aliphatic carbocycles. The van der Waals surface area contributed by atoms with E-state index in [2.05, 4.69) is 4.36 Å². The zero-order chi connectivity index (χ0) is 10.2. The minimum Gasteiger partial charge on any atom is -0.399 e. The van der Waals surface area contributed by atoms with Crippen molar-refractivity contribution in [1.82, 2.24) is 0 Å². The number of benzene rings is 1. The largest absolute Gasteiger partial charge is 0.399 e. The molecule has 2 rings (SSSR count). The number of nitrogens with two attached hydrogens (primary N) is 1. The van der Waals surface area contributed by atoms with E-state index >= 15 is 0 Å². The molecular formula is C10H14N2OS. The molecule has 0 radical (unpaired) electrons. The van der Waals surface area contributed by atoms with Crippen LogP contribution in [0, 0.1) is 6.92 Å². The van der Waals surface area contributed by atoms with Crippen LogP contribution in [-0.2, 0) is 9.73 Å². The molecule has 1 heterocycles. The lowest BCUT2D eigenvalue weighted by atomic mass is 10.2. The molecule has 0 bridgehead atoms. The lowest BCUT2D eigenvalue weighted by Gasteiger charge is -2.06. The molecule has 0 aromatic heterocycles. The highest BCUT2D eigenvalue weighted by atomic mass is 32.2. The van der Waals surface area contributed by atoms with Gasteiger partial charge in [-0.15, -0.1) is 0 Å². The summed E-state index contributed by atoms with van der Waals surface area (Å²) in [5.74, 6) is 0.691. The number of nitrogen functional groups attached to an aromatic ring is 1.